The van der Waals surface area contributed by atoms with Gasteiger partial charge in [0.1, 0.15) is 11.5 Å². The predicted molar refractivity (Wildman–Crippen MR) is 189 cm³/mol. The van der Waals surface area contributed by atoms with Crippen molar-refractivity contribution in [2.24, 2.45) is 5.10 Å². The summed E-state index contributed by atoms with van der Waals surface area (Å²) in [5.74, 6) is -0.0901. The van der Waals surface area contributed by atoms with Crippen molar-refractivity contribution >= 4 is 55.4 Å². The third-order valence-corrected chi connectivity index (χ3v) is 11.5. The number of hydrogen-bond acceptors (Lipinski definition) is 7. The number of hydrogen-bond donors (Lipinski definition) is 1. The van der Waals surface area contributed by atoms with Gasteiger partial charge in [-0.1, -0.05) is 83.9 Å². The summed E-state index contributed by atoms with van der Waals surface area (Å²) in [4.78, 5) is 13.1. The second kappa shape index (κ2) is 16.4. The summed E-state index contributed by atoms with van der Waals surface area (Å²) in [5.41, 5.74) is 4.00. The molecule has 0 radical (unpaired) electrons. The van der Waals surface area contributed by atoms with Crippen molar-refractivity contribution in [3.05, 3.63) is 154 Å². The number of nitrogens with zero attached hydrogens (tertiary/aromatic N) is 3. The van der Waals surface area contributed by atoms with Crippen molar-refractivity contribution in [3.8, 4) is 0 Å². The molecule has 0 saturated heterocycles. The molecular weight excluding hydrogens is 707 g/mol. The lowest BCUT2D eigenvalue weighted by atomic mass is 10.1. The van der Waals surface area contributed by atoms with Gasteiger partial charge in [-0.25, -0.2) is 22.3 Å². The molecule has 254 valence electrons. The van der Waals surface area contributed by atoms with Crippen LogP contribution in [0.15, 0.2) is 141 Å². The van der Waals surface area contributed by atoms with Gasteiger partial charge in [-0.2, -0.15) is 13.7 Å². The number of carbonyl (C=O) groups is 1. The first-order chi connectivity index (χ1) is 23.5. The number of nitrogens with one attached hydrogen (secondary N) is 1. The summed E-state index contributed by atoms with van der Waals surface area (Å²) in [5, 5.41) is 4.86. The van der Waals surface area contributed by atoms with E-state index in [0.717, 1.165) is 15.4 Å². The topological polar surface area (TPSA) is 129 Å². The van der Waals surface area contributed by atoms with E-state index in [0.29, 0.717) is 22.2 Å². The molecular formula is C35H32Cl2N4O6S2. The zero-order chi connectivity index (χ0) is 34.9. The molecule has 0 aliphatic rings. The van der Waals surface area contributed by atoms with E-state index >= 15 is 0 Å². The molecule has 0 aliphatic heterocycles. The van der Waals surface area contributed by atoms with E-state index in [1.54, 1.807) is 54.6 Å². The molecule has 0 unspecified atom stereocenters. The highest BCUT2D eigenvalue weighted by Crippen LogP contribution is 2.23. The molecule has 0 bridgehead atoms. The molecule has 10 nitrogen and oxygen atoms in total. The lowest BCUT2D eigenvalue weighted by molar-refractivity contribution is -0.121. The monoisotopic (exact) mass is 738 g/mol. The maximum absolute atomic E-state index is 13.6. The molecule has 14 heteroatoms. The molecule has 49 heavy (non-hydrogen) atoms. The van der Waals surface area contributed by atoms with Crippen molar-refractivity contribution < 1.29 is 26.0 Å². The largest absolute Gasteiger partial charge is 0.459 e. The second-order valence-corrected chi connectivity index (χ2v) is 15.6. The van der Waals surface area contributed by atoms with Crippen molar-refractivity contribution in [3.63, 3.8) is 0 Å². The molecule has 0 fully saturated rings. The van der Waals surface area contributed by atoms with Gasteiger partial charge in [0.25, 0.3) is 5.91 Å². The normalized spacial score (nSPS) is 12.2. The van der Waals surface area contributed by atoms with Gasteiger partial charge in [0.2, 0.25) is 20.0 Å². The average molecular weight is 740 g/mol. The summed E-state index contributed by atoms with van der Waals surface area (Å²) >= 11 is 12.0. The predicted octanol–water partition coefficient (Wildman–Crippen LogP) is 6.36. The molecule has 0 spiro atoms. The second-order valence-electron chi connectivity index (χ2n) is 10.8. The van der Waals surface area contributed by atoms with Crippen molar-refractivity contribution in [2.75, 3.05) is 13.1 Å². The van der Waals surface area contributed by atoms with Crippen LogP contribution in [0.25, 0.3) is 0 Å². The van der Waals surface area contributed by atoms with Crippen molar-refractivity contribution in [1.29, 1.82) is 0 Å². The number of rotatable bonds is 15. The highest BCUT2D eigenvalue weighted by molar-refractivity contribution is 7.89. The van der Waals surface area contributed by atoms with E-state index in [1.165, 1.54) is 46.9 Å². The first-order valence-corrected chi connectivity index (χ1v) is 18.6. The van der Waals surface area contributed by atoms with Crippen molar-refractivity contribution in [2.45, 2.75) is 29.3 Å². The Hall–Kier alpha value is -4.30. The minimum atomic E-state index is -4.04. The minimum Gasteiger partial charge on any atom is -0.459 e. The number of benzene rings is 4. The van der Waals surface area contributed by atoms with Crippen LogP contribution in [0.3, 0.4) is 0 Å². The Kier molecular flexibility index (Phi) is 12.0. The molecule has 4 aromatic carbocycles. The van der Waals surface area contributed by atoms with E-state index in [-0.39, 0.29) is 35.2 Å². The van der Waals surface area contributed by atoms with Crippen LogP contribution >= 0.6 is 23.2 Å². The van der Waals surface area contributed by atoms with Gasteiger partial charge in [0.15, 0.2) is 0 Å². The Morgan fingerprint density at radius 2 is 1.24 bits per heavy atom. The molecule has 1 aromatic heterocycles. The SMILES string of the molecule is O=C(CN(CCc1ccccc1)S(=O)(=O)c1ccc(Cl)cc1)N/N=C\c1ccc(CN(Cc2ccc(Cl)cc2)S(=O)(=O)c2ccccc2)o1. The number of furan rings is 1. The van der Waals surface area contributed by atoms with Gasteiger partial charge < -0.3 is 4.42 Å². The summed E-state index contributed by atoms with van der Waals surface area (Å²) in [6.45, 7) is -0.463. The first kappa shape index (κ1) is 36.0. The van der Waals surface area contributed by atoms with Crippen LogP contribution < -0.4 is 5.43 Å². The fourth-order valence-corrected chi connectivity index (χ4v) is 7.85. The summed E-state index contributed by atoms with van der Waals surface area (Å²) < 4.78 is 62.3. The standard InChI is InChI=1S/C35H32Cl2N4O6S2/c36-29-13-11-28(12-14-29)24-41(49(45,46)33-9-5-2-6-10-33)25-32-18-17-31(47-32)23-38-39-35(42)26-40(22-21-27-7-3-1-4-8-27)48(43,44)34-19-15-30(37)16-20-34/h1-20,23H,21-22,24-26H2,(H,39,42)/b38-23-. The molecule has 0 saturated carbocycles. The first-order valence-electron chi connectivity index (χ1n) is 15.0. The summed E-state index contributed by atoms with van der Waals surface area (Å²) in [6, 6.07) is 33.2. The van der Waals surface area contributed by atoms with Crippen LogP contribution in [0.5, 0.6) is 0 Å². The highest BCUT2D eigenvalue weighted by atomic mass is 35.5. The number of carbonyl (C=O) groups excluding carboxylic acids is 1. The molecule has 5 rings (SSSR count). The van der Waals surface area contributed by atoms with Crippen LogP contribution in [-0.2, 0) is 44.4 Å². The summed E-state index contributed by atoms with van der Waals surface area (Å²) in [7, 11) is -7.95. The quantitative estimate of drug-likeness (QED) is 0.0983. The molecule has 0 atom stereocenters. The van der Waals surface area contributed by atoms with Gasteiger partial charge in [-0.3, -0.25) is 4.79 Å². The Labute approximate surface area is 295 Å². The van der Waals surface area contributed by atoms with Crippen LogP contribution in [0.1, 0.15) is 22.6 Å². The smallest absolute Gasteiger partial charge is 0.255 e. The molecule has 1 amide bonds. The third kappa shape index (κ3) is 9.88. The van der Waals surface area contributed by atoms with Crippen molar-refractivity contribution in [1.82, 2.24) is 14.0 Å². The highest BCUT2D eigenvalue weighted by Gasteiger charge is 2.27. The van der Waals surface area contributed by atoms with Crippen LogP contribution in [0.2, 0.25) is 10.0 Å². The fraction of sp³-hybridized carbons (Fsp3) is 0.143. The van der Waals surface area contributed by atoms with Crippen LogP contribution in [-0.4, -0.2) is 50.7 Å². The Balaban J connectivity index is 1.26. The molecule has 5 aromatic rings. The Morgan fingerprint density at radius 1 is 0.673 bits per heavy atom. The van der Waals surface area contributed by atoms with E-state index in [2.05, 4.69) is 10.5 Å². The summed E-state index contributed by atoms with van der Waals surface area (Å²) in [6.07, 6.45) is 1.63. The van der Waals surface area contributed by atoms with Gasteiger partial charge >= 0.3 is 0 Å². The number of amides is 1. The zero-order valence-electron chi connectivity index (χ0n) is 26.0. The molecule has 1 heterocycles. The Morgan fingerprint density at radius 3 is 1.90 bits per heavy atom. The zero-order valence-corrected chi connectivity index (χ0v) is 29.2. The number of hydrazone groups is 1. The van der Waals surface area contributed by atoms with E-state index in [9.17, 15) is 21.6 Å². The maximum Gasteiger partial charge on any atom is 0.255 e. The maximum atomic E-state index is 13.6. The minimum absolute atomic E-state index is 0.00348. The van der Waals surface area contributed by atoms with Crippen LogP contribution in [0.4, 0.5) is 0 Å². The van der Waals surface area contributed by atoms with Gasteiger partial charge in [0.05, 0.1) is 29.1 Å². The van der Waals surface area contributed by atoms with Gasteiger partial charge in [-0.05, 0) is 78.2 Å². The lowest BCUT2D eigenvalue weighted by Gasteiger charge is -2.21. The van der Waals surface area contributed by atoms with E-state index < -0.39 is 32.5 Å². The number of halogens is 2. The van der Waals surface area contributed by atoms with Gasteiger partial charge in [0, 0.05) is 23.1 Å². The number of sulfonamides is 2. The fourth-order valence-electron chi connectivity index (χ4n) is 4.79. The van der Waals surface area contributed by atoms with Gasteiger partial charge in [-0.15, -0.1) is 0 Å². The van der Waals surface area contributed by atoms with E-state index in [4.69, 9.17) is 27.6 Å². The lowest BCUT2D eigenvalue weighted by Crippen LogP contribution is -2.40. The van der Waals surface area contributed by atoms with E-state index in [1.807, 2.05) is 30.3 Å². The van der Waals surface area contributed by atoms with Crippen LogP contribution in [0, 0.1) is 0 Å². The Bertz CT molecular complexity index is 2090. The molecule has 0 aliphatic carbocycles. The third-order valence-electron chi connectivity index (χ3n) is 7.31. The average Bonchev–Trinajstić information content (AvgIpc) is 3.55. The molecule has 1 N–H and O–H groups in total.